The Bertz CT molecular complexity index is 1690. The highest BCUT2D eigenvalue weighted by atomic mass is 19.1. The molecule has 0 bridgehead atoms. The first-order chi connectivity index (χ1) is 23.7. The van der Waals surface area contributed by atoms with E-state index in [0.717, 1.165) is 30.8 Å². The van der Waals surface area contributed by atoms with E-state index in [1.54, 1.807) is 12.1 Å². The molecule has 49 heavy (non-hydrogen) atoms. The van der Waals surface area contributed by atoms with Crippen molar-refractivity contribution < 1.29 is 34.0 Å². The molecule has 2 saturated heterocycles. The first-order valence-corrected chi connectivity index (χ1v) is 17.2. The molecular formula is C40H45FN2O6. The third-order valence-corrected chi connectivity index (χ3v) is 10.3. The molecule has 2 aliphatic heterocycles. The van der Waals surface area contributed by atoms with Crippen molar-refractivity contribution in [3.8, 4) is 11.5 Å². The second kappa shape index (κ2) is 15.5. The summed E-state index contributed by atoms with van der Waals surface area (Å²) < 4.78 is 20.0. The Morgan fingerprint density at radius 2 is 1.69 bits per heavy atom. The van der Waals surface area contributed by atoms with Crippen LogP contribution in [0.25, 0.3) is 6.08 Å². The van der Waals surface area contributed by atoms with E-state index in [-0.39, 0.29) is 37.5 Å². The number of carbonyl (C=O) groups is 2. The van der Waals surface area contributed by atoms with Gasteiger partial charge in [-0.05, 0) is 85.6 Å². The third-order valence-electron chi connectivity index (χ3n) is 10.3. The monoisotopic (exact) mass is 668 g/mol. The molecule has 3 aliphatic rings. The van der Waals surface area contributed by atoms with Crippen molar-refractivity contribution in [3.63, 3.8) is 0 Å². The van der Waals surface area contributed by atoms with Gasteiger partial charge in [0.15, 0.2) is 11.6 Å². The van der Waals surface area contributed by atoms with E-state index >= 15 is 0 Å². The number of halogens is 1. The minimum absolute atomic E-state index is 0.122. The summed E-state index contributed by atoms with van der Waals surface area (Å²) in [5, 5.41) is 32.1. The zero-order valence-corrected chi connectivity index (χ0v) is 27.9. The highest BCUT2D eigenvalue weighted by Crippen LogP contribution is 2.47. The molecule has 6 rings (SSSR count). The largest absolute Gasteiger partial charge is 0.505 e. The quantitative estimate of drug-likeness (QED) is 0.167. The van der Waals surface area contributed by atoms with E-state index in [4.69, 9.17) is 4.74 Å². The lowest BCUT2D eigenvalue weighted by Gasteiger charge is -2.37. The van der Waals surface area contributed by atoms with E-state index in [9.17, 15) is 29.3 Å². The lowest BCUT2D eigenvalue weighted by atomic mass is 9.68. The van der Waals surface area contributed by atoms with Crippen LogP contribution in [0.5, 0.6) is 11.5 Å². The van der Waals surface area contributed by atoms with E-state index in [1.165, 1.54) is 22.6 Å². The fourth-order valence-electron chi connectivity index (χ4n) is 7.83. The molecule has 4 atom stereocenters. The molecule has 0 saturated carbocycles. The molecule has 2 amide bonds. The number of allylic oxidation sites excluding steroid dienone is 1. The Kier molecular flexibility index (Phi) is 10.9. The number of piperidine rings is 1. The Morgan fingerprint density at radius 3 is 2.37 bits per heavy atom. The van der Waals surface area contributed by atoms with Crippen molar-refractivity contribution in [3.05, 3.63) is 113 Å². The minimum Gasteiger partial charge on any atom is -0.505 e. The van der Waals surface area contributed by atoms with Gasteiger partial charge in [-0.25, -0.2) is 4.39 Å². The zero-order valence-electron chi connectivity index (χ0n) is 27.9. The van der Waals surface area contributed by atoms with Gasteiger partial charge < -0.3 is 20.1 Å². The average Bonchev–Trinajstić information content (AvgIpc) is 3.36. The molecule has 2 heterocycles. The first kappa shape index (κ1) is 34.5. The highest BCUT2D eigenvalue weighted by molar-refractivity contribution is 6.06. The number of ether oxygens (including phenoxy) is 1. The first-order valence-electron chi connectivity index (χ1n) is 17.2. The number of hydrogen-bond donors (Lipinski definition) is 3. The van der Waals surface area contributed by atoms with Gasteiger partial charge >= 0.3 is 0 Å². The molecule has 3 N–H and O–H groups in total. The van der Waals surface area contributed by atoms with Crippen LogP contribution in [0.3, 0.4) is 0 Å². The number of likely N-dealkylation sites (tertiary alicyclic amines) is 2. The predicted molar refractivity (Wildman–Crippen MR) is 185 cm³/mol. The second-order valence-electron chi connectivity index (χ2n) is 13.6. The summed E-state index contributed by atoms with van der Waals surface area (Å²) >= 11 is 0. The molecule has 3 aromatic rings. The molecule has 0 spiro atoms. The number of phenolic OH excluding ortho intramolecular Hbond substituents is 1. The number of carbonyl (C=O) groups excluding carboxylic acids is 2. The van der Waals surface area contributed by atoms with Crippen LogP contribution < -0.4 is 4.74 Å². The lowest BCUT2D eigenvalue weighted by Crippen LogP contribution is -2.47. The lowest BCUT2D eigenvalue weighted by molar-refractivity contribution is -0.144. The van der Waals surface area contributed by atoms with Gasteiger partial charge in [-0.3, -0.25) is 19.4 Å². The molecule has 2 fully saturated rings. The summed E-state index contributed by atoms with van der Waals surface area (Å²) in [6.45, 7) is 4.00. The average molecular weight is 669 g/mol. The molecule has 0 unspecified atom stereocenters. The summed E-state index contributed by atoms with van der Waals surface area (Å²) in [5.74, 6) is -3.03. The fourth-order valence-corrected chi connectivity index (χ4v) is 7.83. The topological polar surface area (TPSA) is 111 Å². The summed E-state index contributed by atoms with van der Waals surface area (Å²) in [6, 6.07) is 23.5. The molecule has 258 valence electrons. The van der Waals surface area contributed by atoms with E-state index < -0.39 is 35.4 Å². The van der Waals surface area contributed by atoms with Gasteiger partial charge in [-0.2, -0.15) is 0 Å². The van der Waals surface area contributed by atoms with Crippen LogP contribution in [0, 0.1) is 23.6 Å². The van der Waals surface area contributed by atoms with Crippen LogP contribution in [0.4, 0.5) is 4.39 Å². The smallest absolute Gasteiger partial charge is 0.234 e. The Morgan fingerprint density at radius 1 is 1.00 bits per heavy atom. The molecular weight excluding hydrogens is 623 g/mol. The minimum atomic E-state index is -0.995. The number of para-hydroxylation sites is 1. The molecule has 0 radical (unpaired) electrons. The van der Waals surface area contributed by atoms with Crippen molar-refractivity contribution in [2.75, 3.05) is 26.3 Å². The Balaban J connectivity index is 1.20. The van der Waals surface area contributed by atoms with Crippen LogP contribution in [-0.4, -0.2) is 75.4 Å². The standard InChI is InChI=1S/C40H45FN2O6/c1-26(20-28-13-15-35(45)34(41)21-28)12-14-36(46)37-29(25-49-31-10-6-3-7-11-31)22-32-38(33(37)24-44)40(48)43(39(32)47)30-16-18-42(19-17-30)23-27-8-4-2-5-9-27/h2-11,13,15,20-21,30,32-33,36,38,44-46H,12,14,16-19,22-25H2,1H3/b26-20+/t32-,33+,36-,38-/m1/s1. The number of aliphatic hydroxyl groups is 2. The molecule has 0 aromatic heterocycles. The summed E-state index contributed by atoms with van der Waals surface area (Å²) in [5.41, 5.74) is 4.02. The number of nitrogens with zero attached hydrogens (tertiary/aromatic N) is 2. The molecule has 8 nitrogen and oxygen atoms in total. The van der Waals surface area contributed by atoms with Gasteiger partial charge in [0.1, 0.15) is 12.4 Å². The number of amides is 2. The van der Waals surface area contributed by atoms with Crippen LogP contribution in [-0.2, 0) is 16.1 Å². The van der Waals surface area contributed by atoms with Gasteiger partial charge in [-0.1, -0.05) is 66.2 Å². The Labute approximate surface area is 287 Å². The maximum absolute atomic E-state index is 14.2. The van der Waals surface area contributed by atoms with Crippen molar-refractivity contribution in [2.24, 2.45) is 17.8 Å². The fraction of sp³-hybridized carbons (Fsp3) is 0.400. The number of hydrogen-bond acceptors (Lipinski definition) is 7. The highest BCUT2D eigenvalue weighted by Gasteiger charge is 2.56. The SMILES string of the molecule is C/C(=C\c1ccc(O)c(F)c1)CC[C@@H](O)C1=C(COc2ccccc2)C[C@H]2C(=O)N(C3CCN(Cc4ccccc4)CC3)C(=O)[C@H]2[C@H]1CO. The second-order valence-corrected chi connectivity index (χ2v) is 13.6. The Hall–Kier alpha value is -4.31. The number of fused-ring (bicyclic) bond motifs is 1. The van der Waals surface area contributed by atoms with E-state index in [1.807, 2.05) is 55.5 Å². The van der Waals surface area contributed by atoms with E-state index in [2.05, 4.69) is 17.0 Å². The number of rotatable bonds is 12. The van der Waals surface area contributed by atoms with Gasteiger partial charge in [-0.15, -0.1) is 0 Å². The number of benzene rings is 3. The maximum Gasteiger partial charge on any atom is 0.234 e. The van der Waals surface area contributed by atoms with Crippen LogP contribution >= 0.6 is 0 Å². The van der Waals surface area contributed by atoms with Crippen LogP contribution in [0.15, 0.2) is 95.6 Å². The zero-order chi connectivity index (χ0) is 34.5. The number of aliphatic hydroxyl groups excluding tert-OH is 2. The summed E-state index contributed by atoms with van der Waals surface area (Å²) in [6.07, 6.45) is 3.22. The van der Waals surface area contributed by atoms with Crippen molar-refractivity contribution in [1.29, 1.82) is 0 Å². The van der Waals surface area contributed by atoms with Crippen LogP contribution in [0.2, 0.25) is 0 Å². The maximum atomic E-state index is 14.2. The normalized spacial score (nSPS) is 22.8. The van der Waals surface area contributed by atoms with Gasteiger partial charge in [0.25, 0.3) is 0 Å². The molecule has 1 aliphatic carbocycles. The molecule has 3 aromatic carbocycles. The predicted octanol–water partition coefficient (Wildman–Crippen LogP) is 5.73. The number of aromatic hydroxyl groups is 1. The van der Waals surface area contributed by atoms with E-state index in [0.29, 0.717) is 42.6 Å². The number of imide groups is 1. The van der Waals surface area contributed by atoms with Gasteiger partial charge in [0.2, 0.25) is 11.8 Å². The van der Waals surface area contributed by atoms with Crippen LogP contribution in [0.1, 0.15) is 50.2 Å². The third kappa shape index (κ3) is 7.80. The number of phenols is 1. The van der Waals surface area contributed by atoms with Crippen molar-refractivity contribution in [2.45, 2.75) is 57.7 Å². The van der Waals surface area contributed by atoms with Gasteiger partial charge in [0.05, 0.1) is 24.5 Å². The van der Waals surface area contributed by atoms with Crippen molar-refractivity contribution in [1.82, 2.24) is 9.80 Å². The van der Waals surface area contributed by atoms with Gasteiger partial charge in [0, 0.05) is 31.6 Å². The van der Waals surface area contributed by atoms with Crippen molar-refractivity contribution >= 4 is 17.9 Å². The summed E-state index contributed by atoms with van der Waals surface area (Å²) in [7, 11) is 0. The summed E-state index contributed by atoms with van der Waals surface area (Å²) in [4.78, 5) is 32.0. The molecule has 9 heteroatoms.